The topological polar surface area (TPSA) is 116 Å². The quantitative estimate of drug-likeness (QED) is 0.434. The number of aromatic amines is 1. The van der Waals surface area contributed by atoms with Crippen LogP contribution in [0.3, 0.4) is 0 Å². The number of nitrogen functional groups attached to an aromatic ring is 1. The number of hydrogen-bond acceptors (Lipinski definition) is 6. The molecule has 0 fully saturated rings. The monoisotopic (exact) mass is 302 g/mol. The highest BCUT2D eigenvalue weighted by Crippen LogP contribution is 2.16. The Morgan fingerprint density at radius 2 is 2.10 bits per heavy atom. The van der Waals surface area contributed by atoms with E-state index in [1.165, 1.54) is 12.1 Å². The van der Waals surface area contributed by atoms with Gasteiger partial charge in [0.25, 0.3) is 5.69 Å². The molecule has 2 heterocycles. The number of anilines is 1. The SMILES string of the molecule is Nc1nc2c(ncn2Cc2ccc([N+](=O)[O-])cc2)c(=S)[nH]1. The van der Waals surface area contributed by atoms with Gasteiger partial charge in [0.1, 0.15) is 10.2 Å². The van der Waals surface area contributed by atoms with E-state index in [0.29, 0.717) is 22.3 Å². The van der Waals surface area contributed by atoms with Gasteiger partial charge in [0, 0.05) is 12.1 Å². The first-order chi connectivity index (χ1) is 10.0. The molecule has 3 aromatic rings. The van der Waals surface area contributed by atoms with Gasteiger partial charge in [0.05, 0.1) is 17.8 Å². The Hall–Kier alpha value is -2.81. The largest absolute Gasteiger partial charge is 0.369 e. The molecule has 0 spiro atoms. The molecule has 21 heavy (non-hydrogen) atoms. The molecule has 0 unspecified atom stereocenters. The Kier molecular flexibility index (Phi) is 3.10. The minimum absolute atomic E-state index is 0.0547. The van der Waals surface area contributed by atoms with E-state index >= 15 is 0 Å². The van der Waals surface area contributed by atoms with E-state index < -0.39 is 4.92 Å². The van der Waals surface area contributed by atoms with Crippen molar-refractivity contribution in [1.82, 2.24) is 19.5 Å². The van der Waals surface area contributed by atoms with Crippen molar-refractivity contribution in [3.63, 3.8) is 0 Å². The molecule has 9 heteroatoms. The summed E-state index contributed by atoms with van der Waals surface area (Å²) in [4.78, 5) is 21.3. The molecule has 0 aliphatic heterocycles. The lowest BCUT2D eigenvalue weighted by atomic mass is 10.2. The van der Waals surface area contributed by atoms with Gasteiger partial charge in [0.15, 0.2) is 5.65 Å². The number of non-ortho nitro benzene ring substituents is 1. The average molecular weight is 302 g/mol. The van der Waals surface area contributed by atoms with E-state index in [-0.39, 0.29) is 11.6 Å². The fourth-order valence-corrected chi connectivity index (χ4v) is 2.25. The standard InChI is InChI=1S/C12H10N6O2S/c13-12-15-10-9(11(21)16-12)14-6-17(10)5-7-1-3-8(4-2-7)18(19)20/h1-4,6H,5H2,(H3,13,15,16,21). The van der Waals surface area contributed by atoms with Crippen LogP contribution in [0.2, 0.25) is 0 Å². The maximum atomic E-state index is 10.6. The number of nitro groups is 1. The molecule has 0 aliphatic carbocycles. The van der Waals surface area contributed by atoms with Crippen LogP contribution in [0.4, 0.5) is 11.6 Å². The molecule has 0 saturated carbocycles. The summed E-state index contributed by atoms with van der Waals surface area (Å²) in [7, 11) is 0. The third-order valence-corrected chi connectivity index (χ3v) is 3.29. The number of nitrogens with two attached hydrogens (primary N) is 1. The minimum atomic E-state index is -0.433. The second kappa shape index (κ2) is 4.94. The Bertz CT molecular complexity index is 883. The summed E-state index contributed by atoms with van der Waals surface area (Å²) in [5.41, 5.74) is 7.74. The summed E-state index contributed by atoms with van der Waals surface area (Å²) in [5, 5.41) is 10.6. The van der Waals surface area contributed by atoms with Crippen LogP contribution >= 0.6 is 12.2 Å². The van der Waals surface area contributed by atoms with Crippen molar-refractivity contribution >= 4 is 35.0 Å². The second-order valence-electron chi connectivity index (χ2n) is 4.42. The van der Waals surface area contributed by atoms with Gasteiger partial charge in [-0.2, -0.15) is 4.98 Å². The highest BCUT2D eigenvalue weighted by atomic mass is 32.1. The number of H-pyrrole nitrogens is 1. The predicted octanol–water partition coefficient (Wildman–Crippen LogP) is 2.03. The number of rotatable bonds is 3. The number of nitro benzene ring substituents is 1. The first-order valence-corrected chi connectivity index (χ1v) is 6.39. The van der Waals surface area contributed by atoms with Gasteiger partial charge in [0.2, 0.25) is 5.95 Å². The summed E-state index contributed by atoms with van der Waals surface area (Å²) in [6.07, 6.45) is 1.61. The van der Waals surface area contributed by atoms with Gasteiger partial charge >= 0.3 is 0 Å². The third-order valence-electron chi connectivity index (χ3n) is 2.99. The second-order valence-corrected chi connectivity index (χ2v) is 4.83. The Morgan fingerprint density at radius 1 is 1.38 bits per heavy atom. The molecule has 0 atom stereocenters. The number of fused-ring (bicyclic) bond motifs is 1. The van der Waals surface area contributed by atoms with Crippen molar-refractivity contribution < 1.29 is 4.92 Å². The molecular weight excluding hydrogens is 292 g/mol. The Morgan fingerprint density at radius 3 is 2.76 bits per heavy atom. The lowest BCUT2D eigenvalue weighted by Gasteiger charge is -2.04. The van der Waals surface area contributed by atoms with E-state index in [9.17, 15) is 10.1 Å². The first kappa shape index (κ1) is 13.2. The van der Waals surface area contributed by atoms with Crippen molar-refractivity contribution in [2.24, 2.45) is 0 Å². The van der Waals surface area contributed by atoms with Crippen molar-refractivity contribution in [3.8, 4) is 0 Å². The van der Waals surface area contributed by atoms with Crippen LogP contribution < -0.4 is 5.73 Å². The van der Waals surface area contributed by atoms with Crippen LogP contribution in [-0.2, 0) is 6.54 Å². The number of nitrogens with zero attached hydrogens (tertiary/aromatic N) is 4. The number of nitrogens with one attached hydrogen (secondary N) is 1. The summed E-state index contributed by atoms with van der Waals surface area (Å²) in [5.74, 6) is 0.220. The van der Waals surface area contributed by atoms with Crippen LogP contribution in [0.1, 0.15) is 5.56 Å². The first-order valence-electron chi connectivity index (χ1n) is 5.98. The number of benzene rings is 1. The van der Waals surface area contributed by atoms with Gasteiger partial charge in [-0.15, -0.1) is 0 Å². The Labute approximate surface area is 123 Å². The molecule has 0 amide bonds. The normalized spacial score (nSPS) is 10.9. The summed E-state index contributed by atoms with van der Waals surface area (Å²) in [6.45, 7) is 0.472. The van der Waals surface area contributed by atoms with Gasteiger partial charge in [-0.1, -0.05) is 24.4 Å². The van der Waals surface area contributed by atoms with Crippen LogP contribution in [0, 0.1) is 14.8 Å². The lowest BCUT2D eigenvalue weighted by Crippen LogP contribution is -2.02. The number of aromatic nitrogens is 4. The van der Waals surface area contributed by atoms with E-state index in [1.54, 1.807) is 23.0 Å². The van der Waals surface area contributed by atoms with Gasteiger partial charge in [-0.3, -0.25) is 10.1 Å². The Balaban J connectivity index is 1.98. The summed E-state index contributed by atoms with van der Waals surface area (Å²) >= 11 is 5.14. The number of imidazole rings is 1. The zero-order chi connectivity index (χ0) is 15.0. The van der Waals surface area contributed by atoms with Crippen LogP contribution in [-0.4, -0.2) is 24.4 Å². The molecule has 3 N–H and O–H groups in total. The summed E-state index contributed by atoms with van der Waals surface area (Å²) in [6, 6.07) is 6.30. The van der Waals surface area contributed by atoms with Crippen LogP contribution in [0.25, 0.3) is 11.2 Å². The molecule has 1 aromatic carbocycles. The summed E-state index contributed by atoms with van der Waals surface area (Å²) < 4.78 is 2.22. The highest BCUT2D eigenvalue weighted by Gasteiger charge is 2.09. The smallest absolute Gasteiger partial charge is 0.269 e. The molecule has 0 aliphatic rings. The van der Waals surface area contributed by atoms with Crippen LogP contribution in [0.5, 0.6) is 0 Å². The molecule has 8 nitrogen and oxygen atoms in total. The fraction of sp³-hybridized carbons (Fsp3) is 0.0833. The zero-order valence-electron chi connectivity index (χ0n) is 10.7. The van der Waals surface area contributed by atoms with E-state index in [1.807, 2.05) is 0 Å². The molecular formula is C12H10N6O2S. The molecule has 2 aromatic heterocycles. The molecule has 3 rings (SSSR count). The average Bonchev–Trinajstić information content (AvgIpc) is 2.83. The maximum absolute atomic E-state index is 10.6. The van der Waals surface area contributed by atoms with Gasteiger partial charge in [-0.25, -0.2) is 4.98 Å². The van der Waals surface area contributed by atoms with E-state index in [4.69, 9.17) is 18.0 Å². The predicted molar refractivity (Wildman–Crippen MR) is 79.3 cm³/mol. The minimum Gasteiger partial charge on any atom is -0.369 e. The van der Waals surface area contributed by atoms with E-state index in [0.717, 1.165) is 5.56 Å². The van der Waals surface area contributed by atoms with Crippen molar-refractivity contribution in [1.29, 1.82) is 0 Å². The zero-order valence-corrected chi connectivity index (χ0v) is 11.5. The van der Waals surface area contributed by atoms with Crippen molar-refractivity contribution in [2.75, 3.05) is 5.73 Å². The van der Waals surface area contributed by atoms with Gasteiger partial charge < -0.3 is 15.3 Å². The molecule has 0 saturated heterocycles. The van der Waals surface area contributed by atoms with Crippen molar-refractivity contribution in [2.45, 2.75) is 6.54 Å². The van der Waals surface area contributed by atoms with E-state index in [2.05, 4.69) is 15.0 Å². The van der Waals surface area contributed by atoms with Crippen molar-refractivity contribution in [3.05, 3.63) is 50.9 Å². The molecule has 0 radical (unpaired) electrons. The fourth-order valence-electron chi connectivity index (χ4n) is 2.01. The third kappa shape index (κ3) is 2.46. The van der Waals surface area contributed by atoms with Gasteiger partial charge in [-0.05, 0) is 5.56 Å². The number of hydrogen-bond donors (Lipinski definition) is 2. The molecule has 0 bridgehead atoms. The highest BCUT2D eigenvalue weighted by molar-refractivity contribution is 7.71. The molecule has 106 valence electrons. The van der Waals surface area contributed by atoms with Crippen LogP contribution in [0.15, 0.2) is 30.6 Å². The maximum Gasteiger partial charge on any atom is 0.269 e. The lowest BCUT2D eigenvalue weighted by molar-refractivity contribution is -0.384.